The summed E-state index contributed by atoms with van der Waals surface area (Å²) in [5, 5.41) is 0.847. The van der Waals surface area contributed by atoms with E-state index in [1.165, 1.54) is 5.56 Å². The van der Waals surface area contributed by atoms with Gasteiger partial charge in [0.05, 0.1) is 21.1 Å². The molecular weight excluding hydrogens is 347 g/mol. The van der Waals surface area contributed by atoms with Gasteiger partial charge in [0.2, 0.25) is 0 Å². The Kier molecular flexibility index (Phi) is 4.76. The molecule has 3 N–H and O–H groups in total. The fraction of sp³-hybridized carbons (Fsp3) is 0.176. The average molecular weight is 363 g/mol. The summed E-state index contributed by atoms with van der Waals surface area (Å²) in [6.45, 7) is 2.10. The first-order valence-electron chi connectivity index (χ1n) is 7.37. The third kappa shape index (κ3) is 3.38. The third-order valence-electron chi connectivity index (χ3n) is 3.78. The van der Waals surface area contributed by atoms with Crippen molar-refractivity contribution in [2.75, 3.05) is 0 Å². The molecule has 0 aliphatic carbocycles. The molecule has 0 saturated carbocycles. The number of nitrogens with zero attached hydrogens (tertiary/aromatic N) is 2. The number of hydrazine groups is 1. The molecule has 2 aromatic carbocycles. The zero-order chi connectivity index (χ0) is 17.3. The van der Waals surface area contributed by atoms with Crippen LogP contribution in [0.1, 0.15) is 17.0 Å². The summed E-state index contributed by atoms with van der Waals surface area (Å²) in [6.07, 6.45) is 0.587. The van der Waals surface area contributed by atoms with Crippen LogP contribution in [0.15, 0.2) is 36.4 Å². The van der Waals surface area contributed by atoms with Crippen molar-refractivity contribution in [2.24, 2.45) is 5.84 Å². The summed E-state index contributed by atoms with van der Waals surface area (Å²) in [4.78, 5) is 16.4. The molecule has 124 valence electrons. The van der Waals surface area contributed by atoms with E-state index in [0.717, 1.165) is 16.9 Å². The largest absolute Gasteiger partial charge is 0.318 e. The van der Waals surface area contributed by atoms with Gasteiger partial charge in [0, 0.05) is 6.42 Å². The molecule has 0 saturated heterocycles. The zero-order valence-corrected chi connectivity index (χ0v) is 14.5. The van der Waals surface area contributed by atoms with Crippen LogP contribution in [-0.2, 0) is 17.8 Å². The van der Waals surface area contributed by atoms with Crippen molar-refractivity contribution in [3.63, 3.8) is 0 Å². The van der Waals surface area contributed by atoms with Gasteiger partial charge < -0.3 is 4.57 Å². The molecule has 1 aromatic heterocycles. The number of aryl methyl sites for hydroxylation is 1. The van der Waals surface area contributed by atoms with Crippen LogP contribution < -0.4 is 11.3 Å². The Labute approximate surface area is 149 Å². The molecule has 0 radical (unpaired) electrons. The third-order valence-corrected chi connectivity index (χ3v) is 4.50. The standard InChI is InChI=1S/C17H16Cl2N4O/c1-10-3-2-4-11(5-10)6-16-21-14-7-12(18)13(19)8-15(14)23(16)9-17(24)22-20/h2-5,7-8H,6,9,20H2,1H3,(H,22,24). The van der Waals surface area contributed by atoms with Crippen LogP contribution in [0.25, 0.3) is 11.0 Å². The number of aromatic nitrogens is 2. The lowest BCUT2D eigenvalue weighted by atomic mass is 10.1. The maximum atomic E-state index is 11.8. The van der Waals surface area contributed by atoms with E-state index < -0.39 is 0 Å². The van der Waals surface area contributed by atoms with Crippen LogP contribution in [0.4, 0.5) is 0 Å². The molecule has 0 unspecified atom stereocenters. The van der Waals surface area contributed by atoms with Gasteiger partial charge in [-0.1, -0.05) is 53.0 Å². The number of nitrogens with two attached hydrogens (primary N) is 1. The monoisotopic (exact) mass is 362 g/mol. The van der Waals surface area contributed by atoms with Crippen molar-refractivity contribution in [2.45, 2.75) is 19.9 Å². The number of hydrogen-bond acceptors (Lipinski definition) is 3. The molecule has 0 aliphatic heterocycles. The summed E-state index contributed by atoms with van der Waals surface area (Å²) in [5.74, 6) is 5.66. The van der Waals surface area contributed by atoms with Crippen LogP contribution in [0.5, 0.6) is 0 Å². The van der Waals surface area contributed by atoms with Crippen LogP contribution in [-0.4, -0.2) is 15.5 Å². The second-order valence-electron chi connectivity index (χ2n) is 5.60. The molecule has 0 atom stereocenters. The summed E-state index contributed by atoms with van der Waals surface area (Å²) in [6, 6.07) is 11.6. The molecule has 24 heavy (non-hydrogen) atoms. The van der Waals surface area contributed by atoms with E-state index in [0.29, 0.717) is 22.0 Å². The molecule has 7 heteroatoms. The molecule has 3 aromatic rings. The highest BCUT2D eigenvalue weighted by Gasteiger charge is 2.15. The molecule has 1 heterocycles. The number of imidazole rings is 1. The van der Waals surface area contributed by atoms with Gasteiger partial charge in [-0.05, 0) is 24.6 Å². The fourth-order valence-corrected chi connectivity index (χ4v) is 2.99. The maximum Gasteiger partial charge on any atom is 0.253 e. The van der Waals surface area contributed by atoms with E-state index in [9.17, 15) is 4.79 Å². The molecule has 3 rings (SSSR count). The van der Waals surface area contributed by atoms with E-state index in [-0.39, 0.29) is 12.5 Å². The number of halogens is 2. The van der Waals surface area contributed by atoms with E-state index in [2.05, 4.69) is 16.5 Å². The quantitative estimate of drug-likeness (QED) is 0.425. The van der Waals surface area contributed by atoms with Crippen LogP contribution >= 0.6 is 23.2 Å². The molecule has 0 aliphatic rings. The number of benzene rings is 2. The van der Waals surface area contributed by atoms with Crippen molar-refractivity contribution < 1.29 is 4.79 Å². The van der Waals surface area contributed by atoms with E-state index >= 15 is 0 Å². The van der Waals surface area contributed by atoms with Crippen LogP contribution in [0.3, 0.4) is 0 Å². The van der Waals surface area contributed by atoms with Gasteiger partial charge in [-0.25, -0.2) is 10.8 Å². The minimum absolute atomic E-state index is 0.0616. The Morgan fingerprint density at radius 1 is 1.25 bits per heavy atom. The van der Waals surface area contributed by atoms with Gasteiger partial charge in [-0.2, -0.15) is 0 Å². The lowest BCUT2D eigenvalue weighted by Gasteiger charge is -2.09. The molecule has 0 fully saturated rings. The number of amides is 1. The van der Waals surface area contributed by atoms with Gasteiger partial charge in [-0.15, -0.1) is 0 Å². The number of carbonyl (C=O) groups excluding carboxylic acids is 1. The van der Waals surface area contributed by atoms with Crippen LogP contribution in [0, 0.1) is 6.92 Å². The lowest BCUT2D eigenvalue weighted by molar-refractivity contribution is -0.121. The summed E-state index contributed by atoms with van der Waals surface area (Å²) in [7, 11) is 0. The van der Waals surface area contributed by atoms with Crippen molar-refractivity contribution in [1.29, 1.82) is 0 Å². The van der Waals surface area contributed by atoms with Crippen molar-refractivity contribution in [3.8, 4) is 0 Å². The number of carbonyl (C=O) groups is 1. The van der Waals surface area contributed by atoms with E-state index in [1.54, 1.807) is 12.1 Å². The number of hydrogen-bond donors (Lipinski definition) is 2. The number of nitrogens with one attached hydrogen (secondary N) is 1. The first-order valence-corrected chi connectivity index (χ1v) is 8.12. The van der Waals surface area contributed by atoms with Gasteiger partial charge in [0.1, 0.15) is 12.4 Å². The highest BCUT2D eigenvalue weighted by atomic mass is 35.5. The molecule has 0 bridgehead atoms. The minimum atomic E-state index is -0.314. The molecule has 5 nitrogen and oxygen atoms in total. The van der Waals surface area contributed by atoms with Gasteiger partial charge in [0.15, 0.2) is 0 Å². The van der Waals surface area contributed by atoms with E-state index in [4.69, 9.17) is 29.0 Å². The topological polar surface area (TPSA) is 72.9 Å². The summed E-state index contributed by atoms with van der Waals surface area (Å²) in [5.41, 5.74) is 5.86. The Bertz CT molecular complexity index is 920. The SMILES string of the molecule is Cc1cccc(Cc2nc3cc(Cl)c(Cl)cc3n2CC(=O)NN)c1. The normalized spacial score (nSPS) is 11.0. The predicted octanol–water partition coefficient (Wildman–Crippen LogP) is 3.23. The molecule has 1 amide bonds. The van der Waals surface area contributed by atoms with E-state index in [1.807, 2.05) is 29.7 Å². The Hall–Kier alpha value is -2.08. The zero-order valence-electron chi connectivity index (χ0n) is 13.0. The van der Waals surface area contributed by atoms with Crippen LogP contribution in [0.2, 0.25) is 10.0 Å². The highest BCUT2D eigenvalue weighted by Crippen LogP contribution is 2.29. The second-order valence-corrected chi connectivity index (χ2v) is 6.42. The molecular formula is C17H16Cl2N4O. The van der Waals surface area contributed by atoms with Gasteiger partial charge >= 0.3 is 0 Å². The van der Waals surface area contributed by atoms with Crippen molar-refractivity contribution >= 4 is 40.1 Å². The minimum Gasteiger partial charge on any atom is -0.318 e. The van der Waals surface area contributed by atoms with Gasteiger partial charge in [0.25, 0.3) is 5.91 Å². The summed E-state index contributed by atoms with van der Waals surface area (Å²) < 4.78 is 1.81. The average Bonchev–Trinajstić information content (AvgIpc) is 2.84. The Morgan fingerprint density at radius 3 is 2.71 bits per heavy atom. The highest BCUT2D eigenvalue weighted by molar-refractivity contribution is 6.42. The summed E-state index contributed by atoms with van der Waals surface area (Å²) >= 11 is 12.2. The first kappa shape index (κ1) is 16.8. The fourth-order valence-electron chi connectivity index (χ4n) is 2.68. The van der Waals surface area contributed by atoms with Crippen molar-refractivity contribution in [3.05, 3.63) is 63.4 Å². The number of rotatable bonds is 4. The maximum absolute atomic E-state index is 11.8. The van der Waals surface area contributed by atoms with Crippen molar-refractivity contribution in [1.82, 2.24) is 15.0 Å². The Morgan fingerprint density at radius 2 is 2.00 bits per heavy atom. The van der Waals surface area contributed by atoms with Gasteiger partial charge in [-0.3, -0.25) is 10.2 Å². The smallest absolute Gasteiger partial charge is 0.253 e. The molecule has 0 spiro atoms. The second kappa shape index (κ2) is 6.81. The Balaban J connectivity index is 2.10. The number of fused-ring (bicyclic) bond motifs is 1. The predicted molar refractivity (Wildman–Crippen MR) is 96.1 cm³/mol. The first-order chi connectivity index (χ1) is 11.5. The lowest BCUT2D eigenvalue weighted by Crippen LogP contribution is -2.33.